The maximum Gasteiger partial charge on any atom is 0.189 e. The molecule has 2 heterocycles. The van der Waals surface area contributed by atoms with Gasteiger partial charge in [0.15, 0.2) is 11.4 Å². The molecule has 0 aliphatic heterocycles. The summed E-state index contributed by atoms with van der Waals surface area (Å²) in [6.45, 7) is 0. The molecule has 4 aromatic rings. The van der Waals surface area contributed by atoms with Gasteiger partial charge in [-0.2, -0.15) is 4.52 Å². The monoisotopic (exact) mass is 424 g/mol. The lowest BCUT2D eigenvalue weighted by molar-refractivity contribution is 0.104. The summed E-state index contributed by atoms with van der Waals surface area (Å²) in [5, 5.41) is 22.7. The minimum absolute atomic E-state index is 0.0865. The van der Waals surface area contributed by atoms with E-state index in [4.69, 9.17) is 4.74 Å². The van der Waals surface area contributed by atoms with Crippen molar-refractivity contribution in [1.82, 2.24) is 20.0 Å². The van der Waals surface area contributed by atoms with Crippen LogP contribution in [0.4, 0.5) is 0 Å². The molecule has 134 valence electrons. The summed E-state index contributed by atoms with van der Waals surface area (Å²) >= 11 is 3.25. The Bertz CT molecular complexity index is 1220. The van der Waals surface area contributed by atoms with E-state index in [1.165, 1.54) is 12.1 Å². The van der Waals surface area contributed by atoms with Gasteiger partial charge in [-0.1, -0.05) is 28.1 Å². The number of benzene rings is 2. The maximum atomic E-state index is 12.4. The lowest BCUT2D eigenvalue weighted by Gasteiger charge is -2.07. The number of nitrogens with zero attached hydrogens (tertiary/aromatic N) is 4. The van der Waals surface area contributed by atoms with Crippen molar-refractivity contribution in [3.63, 3.8) is 0 Å². The van der Waals surface area contributed by atoms with Gasteiger partial charge in [-0.25, -0.2) is 0 Å². The van der Waals surface area contributed by atoms with Crippen LogP contribution >= 0.6 is 15.9 Å². The number of carbonyl (C=O) groups is 1. The SMILES string of the molecule is COc1cccc2cc(/C=C/C(=O)c3ccc(Br)cc3O)c3nnnn3c12. The van der Waals surface area contributed by atoms with Gasteiger partial charge in [0.1, 0.15) is 17.0 Å². The molecule has 0 radical (unpaired) electrons. The highest BCUT2D eigenvalue weighted by molar-refractivity contribution is 9.10. The number of phenols is 1. The predicted octanol–water partition coefficient (Wildman–Crippen LogP) is 3.65. The summed E-state index contributed by atoms with van der Waals surface area (Å²) in [4.78, 5) is 12.4. The van der Waals surface area contributed by atoms with Crippen LogP contribution in [0.1, 0.15) is 15.9 Å². The number of para-hydroxylation sites is 1. The molecule has 0 bridgehead atoms. The van der Waals surface area contributed by atoms with Crippen LogP contribution in [0.25, 0.3) is 22.6 Å². The van der Waals surface area contributed by atoms with E-state index < -0.39 is 0 Å². The first-order valence-corrected chi connectivity index (χ1v) is 8.76. The summed E-state index contributed by atoms with van der Waals surface area (Å²) in [7, 11) is 1.59. The predicted molar refractivity (Wildman–Crippen MR) is 104 cm³/mol. The normalized spacial score (nSPS) is 11.5. The molecule has 1 N–H and O–H groups in total. The van der Waals surface area contributed by atoms with E-state index in [9.17, 15) is 9.90 Å². The summed E-state index contributed by atoms with van der Waals surface area (Å²) in [5.41, 5.74) is 2.13. The smallest absolute Gasteiger partial charge is 0.189 e. The fourth-order valence-corrected chi connectivity index (χ4v) is 3.24. The van der Waals surface area contributed by atoms with Crippen LogP contribution in [0.5, 0.6) is 11.5 Å². The molecule has 0 aliphatic carbocycles. The van der Waals surface area contributed by atoms with Crippen molar-refractivity contribution in [2.24, 2.45) is 0 Å². The summed E-state index contributed by atoms with van der Waals surface area (Å²) in [6.07, 6.45) is 3.02. The number of allylic oxidation sites excluding steroid dienone is 1. The van der Waals surface area contributed by atoms with E-state index in [1.54, 1.807) is 29.8 Å². The number of carbonyl (C=O) groups excluding carboxylic acids is 1. The van der Waals surface area contributed by atoms with Crippen LogP contribution in [0.2, 0.25) is 0 Å². The minimum atomic E-state index is -0.323. The van der Waals surface area contributed by atoms with Crippen LogP contribution < -0.4 is 4.74 Å². The van der Waals surface area contributed by atoms with Gasteiger partial charge in [0.05, 0.1) is 12.7 Å². The van der Waals surface area contributed by atoms with E-state index in [0.717, 1.165) is 10.9 Å². The lowest BCUT2D eigenvalue weighted by atomic mass is 10.1. The number of hydrogen-bond donors (Lipinski definition) is 1. The third-order valence-corrected chi connectivity index (χ3v) is 4.63. The van der Waals surface area contributed by atoms with Crippen LogP contribution in [-0.2, 0) is 0 Å². The quantitative estimate of drug-likeness (QED) is 0.397. The molecule has 0 atom stereocenters. The Labute approximate surface area is 162 Å². The Morgan fingerprint density at radius 1 is 1.26 bits per heavy atom. The first-order valence-electron chi connectivity index (χ1n) is 7.97. The number of phenolic OH excluding ortho intramolecular Hbond substituents is 1. The van der Waals surface area contributed by atoms with Crippen molar-refractivity contribution in [3.8, 4) is 11.5 Å². The second-order valence-electron chi connectivity index (χ2n) is 5.77. The molecule has 8 heteroatoms. The Hall–Kier alpha value is -3.26. The molecule has 0 saturated heterocycles. The van der Waals surface area contributed by atoms with Crippen LogP contribution in [0.15, 0.2) is 53.0 Å². The fraction of sp³-hybridized carbons (Fsp3) is 0.0526. The molecule has 0 amide bonds. The third-order valence-electron chi connectivity index (χ3n) is 4.14. The summed E-state index contributed by atoms with van der Waals surface area (Å²) < 4.78 is 7.68. The third kappa shape index (κ3) is 3.04. The molecule has 0 saturated carbocycles. The number of rotatable bonds is 4. The van der Waals surface area contributed by atoms with E-state index in [0.29, 0.717) is 21.4 Å². The van der Waals surface area contributed by atoms with Crippen molar-refractivity contribution < 1.29 is 14.6 Å². The Kier molecular flexibility index (Phi) is 4.33. The number of hydrogen-bond acceptors (Lipinski definition) is 6. The fourth-order valence-electron chi connectivity index (χ4n) is 2.89. The Balaban J connectivity index is 1.80. The number of aromatic nitrogens is 4. The van der Waals surface area contributed by atoms with Gasteiger partial charge in [0.2, 0.25) is 0 Å². The van der Waals surface area contributed by atoms with Gasteiger partial charge < -0.3 is 9.84 Å². The van der Waals surface area contributed by atoms with Crippen molar-refractivity contribution in [2.45, 2.75) is 0 Å². The van der Waals surface area contributed by atoms with Gasteiger partial charge in [-0.05, 0) is 52.9 Å². The van der Waals surface area contributed by atoms with Gasteiger partial charge >= 0.3 is 0 Å². The number of halogens is 1. The molecule has 0 aliphatic rings. The van der Waals surface area contributed by atoms with Crippen LogP contribution in [-0.4, -0.2) is 38.0 Å². The zero-order chi connectivity index (χ0) is 19.0. The van der Waals surface area contributed by atoms with Crippen molar-refractivity contribution >= 4 is 44.3 Å². The minimum Gasteiger partial charge on any atom is -0.507 e. The number of methoxy groups -OCH3 is 1. The molecule has 4 rings (SSSR count). The standard InChI is InChI=1S/C19H13BrN4O3/c1-27-17-4-2-3-11-9-12(19-21-22-23-24(19)18(11)17)5-8-15(25)14-7-6-13(20)10-16(14)26/h2-10,26H,1H3/b8-5+. The highest BCUT2D eigenvalue weighted by atomic mass is 79.9. The molecule has 0 unspecified atom stereocenters. The van der Waals surface area contributed by atoms with E-state index >= 15 is 0 Å². The molecule has 7 nitrogen and oxygen atoms in total. The highest BCUT2D eigenvalue weighted by Crippen LogP contribution is 2.28. The lowest BCUT2D eigenvalue weighted by Crippen LogP contribution is -1.98. The number of pyridine rings is 1. The first-order chi connectivity index (χ1) is 13.1. The van der Waals surface area contributed by atoms with Gasteiger partial charge in [0.25, 0.3) is 0 Å². The molecule has 27 heavy (non-hydrogen) atoms. The number of ether oxygens (including phenoxy) is 1. The number of ketones is 1. The average Bonchev–Trinajstić information content (AvgIpc) is 3.15. The van der Waals surface area contributed by atoms with Gasteiger partial charge in [0, 0.05) is 15.4 Å². The largest absolute Gasteiger partial charge is 0.507 e. The van der Waals surface area contributed by atoms with Crippen LogP contribution in [0, 0.1) is 0 Å². The first kappa shape index (κ1) is 17.2. The molecule has 0 spiro atoms. The molecule has 0 fully saturated rings. The number of aromatic hydroxyl groups is 1. The van der Waals surface area contributed by atoms with Gasteiger partial charge in [-0.15, -0.1) is 5.10 Å². The molecular weight excluding hydrogens is 412 g/mol. The van der Waals surface area contributed by atoms with Gasteiger partial charge in [-0.3, -0.25) is 4.79 Å². The zero-order valence-electron chi connectivity index (χ0n) is 14.1. The van der Waals surface area contributed by atoms with E-state index in [2.05, 4.69) is 31.5 Å². The van der Waals surface area contributed by atoms with Crippen LogP contribution in [0.3, 0.4) is 0 Å². The van der Waals surface area contributed by atoms with Crippen molar-refractivity contribution in [3.05, 3.63) is 64.1 Å². The topological polar surface area (TPSA) is 89.6 Å². The van der Waals surface area contributed by atoms with E-state index in [1.807, 2.05) is 24.3 Å². The van der Waals surface area contributed by atoms with Crippen molar-refractivity contribution in [1.29, 1.82) is 0 Å². The summed E-state index contributed by atoms with van der Waals surface area (Å²) in [6, 6.07) is 12.2. The van der Waals surface area contributed by atoms with Crippen molar-refractivity contribution in [2.75, 3.05) is 7.11 Å². The summed E-state index contributed by atoms with van der Waals surface area (Å²) in [5.74, 6) is 0.240. The Morgan fingerprint density at radius 2 is 2.11 bits per heavy atom. The maximum absolute atomic E-state index is 12.4. The zero-order valence-corrected chi connectivity index (χ0v) is 15.7. The number of fused-ring (bicyclic) bond motifs is 3. The molecule has 2 aromatic heterocycles. The second kappa shape index (κ2) is 6.81. The number of tetrazole rings is 1. The second-order valence-corrected chi connectivity index (χ2v) is 6.69. The van der Waals surface area contributed by atoms with E-state index in [-0.39, 0.29) is 17.1 Å². The molecule has 2 aromatic carbocycles. The highest BCUT2D eigenvalue weighted by Gasteiger charge is 2.13. The molecular formula is C19H13BrN4O3. The average molecular weight is 425 g/mol. The Morgan fingerprint density at radius 3 is 2.89 bits per heavy atom.